The van der Waals surface area contributed by atoms with Gasteiger partial charge in [-0.15, -0.1) is 0 Å². The van der Waals surface area contributed by atoms with E-state index in [9.17, 15) is 4.39 Å². The van der Waals surface area contributed by atoms with E-state index < -0.39 is 0 Å². The summed E-state index contributed by atoms with van der Waals surface area (Å²) in [5.74, 6) is -0.273. The smallest absolute Gasteiger partial charge is 0.132 e. The fraction of sp³-hybridized carbons (Fsp3) is 0.156. The molecule has 0 saturated heterocycles. The molecule has 172 valence electrons. The highest BCUT2D eigenvalue weighted by molar-refractivity contribution is 5.80. The summed E-state index contributed by atoms with van der Waals surface area (Å²) in [4.78, 5) is 4.42. The molecule has 0 unspecified atom stereocenters. The number of benzene rings is 2. The summed E-state index contributed by atoms with van der Waals surface area (Å²) in [6, 6.07) is 18.8. The van der Waals surface area contributed by atoms with Gasteiger partial charge in [-0.1, -0.05) is 80.6 Å². The maximum atomic E-state index is 14.4. The van der Waals surface area contributed by atoms with Crippen LogP contribution in [0.5, 0.6) is 0 Å². The fourth-order valence-electron chi connectivity index (χ4n) is 3.71. The molecule has 2 heteroatoms. The van der Waals surface area contributed by atoms with Crippen LogP contribution < -0.4 is 10.4 Å². The number of hydrogen-bond donors (Lipinski definition) is 0. The van der Waals surface area contributed by atoms with Gasteiger partial charge in [0, 0.05) is 11.8 Å². The van der Waals surface area contributed by atoms with Gasteiger partial charge in [0.15, 0.2) is 0 Å². The van der Waals surface area contributed by atoms with Crippen molar-refractivity contribution < 1.29 is 4.39 Å². The normalized spacial score (nSPS) is 13.6. The topological polar surface area (TPSA) is 12.9 Å². The van der Waals surface area contributed by atoms with Crippen molar-refractivity contribution in [2.75, 3.05) is 0 Å². The second kappa shape index (κ2) is 12.5. The summed E-state index contributed by atoms with van der Waals surface area (Å²) in [6.07, 6.45) is 16.8. The van der Waals surface area contributed by atoms with E-state index >= 15 is 0 Å². The van der Waals surface area contributed by atoms with Gasteiger partial charge in [-0.25, -0.2) is 4.39 Å². The molecular weight excluding hydrogens is 417 g/mol. The number of nitrogens with zero attached hydrogens (tertiary/aromatic N) is 1. The lowest BCUT2D eigenvalue weighted by atomic mass is 9.96. The van der Waals surface area contributed by atoms with Crippen LogP contribution in [0.1, 0.15) is 39.2 Å². The molecular formula is C32H32FN. The van der Waals surface area contributed by atoms with Gasteiger partial charge in [-0.05, 0) is 89.4 Å². The Labute approximate surface area is 202 Å². The Morgan fingerprint density at radius 1 is 0.971 bits per heavy atom. The molecule has 0 aliphatic heterocycles. The average molecular weight is 450 g/mol. The zero-order valence-corrected chi connectivity index (χ0v) is 20.3. The predicted octanol–water partition coefficient (Wildman–Crippen LogP) is 7.41. The van der Waals surface area contributed by atoms with Crippen LogP contribution in [-0.2, 0) is 0 Å². The highest BCUT2D eigenvalue weighted by atomic mass is 19.1. The number of hydrogen-bond acceptors (Lipinski definition) is 1. The summed E-state index contributed by atoms with van der Waals surface area (Å²) in [7, 11) is 0. The van der Waals surface area contributed by atoms with Crippen LogP contribution in [0, 0.1) is 5.82 Å². The van der Waals surface area contributed by atoms with E-state index in [4.69, 9.17) is 0 Å². The molecule has 0 radical (unpaired) electrons. The van der Waals surface area contributed by atoms with Gasteiger partial charge < -0.3 is 0 Å². The third-order valence-electron chi connectivity index (χ3n) is 5.63. The van der Waals surface area contributed by atoms with E-state index in [0.717, 1.165) is 45.6 Å². The highest BCUT2D eigenvalue weighted by Gasteiger charge is 2.09. The predicted molar refractivity (Wildman–Crippen MR) is 145 cm³/mol. The lowest BCUT2D eigenvalue weighted by Crippen LogP contribution is -2.22. The number of halogens is 1. The minimum absolute atomic E-state index is 0.273. The number of rotatable bonds is 8. The minimum atomic E-state index is -0.273. The van der Waals surface area contributed by atoms with E-state index in [1.807, 2.05) is 43.3 Å². The van der Waals surface area contributed by atoms with E-state index in [1.165, 1.54) is 6.07 Å². The average Bonchev–Trinajstić information content (AvgIpc) is 2.86. The van der Waals surface area contributed by atoms with Crippen molar-refractivity contribution in [3.05, 3.63) is 130 Å². The molecule has 0 N–H and O–H groups in total. The Hall–Kier alpha value is -3.78. The SMILES string of the molecule is C=c1cccc/c1=C/C(=CC)C(/C=C/CCC)=C/C(=C\C)c1ccnc(-c2ccccc2F)c1. The maximum Gasteiger partial charge on any atom is 0.132 e. The fourth-order valence-corrected chi connectivity index (χ4v) is 3.71. The van der Waals surface area contributed by atoms with Crippen molar-refractivity contribution >= 4 is 18.2 Å². The van der Waals surface area contributed by atoms with E-state index in [1.54, 1.807) is 18.3 Å². The minimum Gasteiger partial charge on any atom is -0.256 e. The summed E-state index contributed by atoms with van der Waals surface area (Å²) >= 11 is 0. The Kier molecular flexibility index (Phi) is 9.11. The molecule has 0 amide bonds. The van der Waals surface area contributed by atoms with Crippen molar-refractivity contribution in [2.45, 2.75) is 33.6 Å². The van der Waals surface area contributed by atoms with Crippen molar-refractivity contribution in [3.63, 3.8) is 0 Å². The number of pyridine rings is 1. The molecule has 0 aliphatic carbocycles. The van der Waals surface area contributed by atoms with Crippen LogP contribution in [0.2, 0.25) is 0 Å². The first-order valence-corrected chi connectivity index (χ1v) is 11.8. The van der Waals surface area contributed by atoms with Crippen molar-refractivity contribution in [1.82, 2.24) is 4.98 Å². The van der Waals surface area contributed by atoms with E-state index in [-0.39, 0.29) is 5.82 Å². The Bertz CT molecular complexity index is 1360. The molecule has 0 fully saturated rings. The number of allylic oxidation sites excluding steroid dienone is 8. The van der Waals surface area contributed by atoms with Gasteiger partial charge in [-0.2, -0.15) is 0 Å². The van der Waals surface area contributed by atoms with Gasteiger partial charge in [-0.3, -0.25) is 4.98 Å². The zero-order chi connectivity index (χ0) is 24.3. The van der Waals surface area contributed by atoms with E-state index in [2.05, 4.69) is 67.9 Å². The van der Waals surface area contributed by atoms with Crippen LogP contribution >= 0.6 is 0 Å². The molecule has 1 heterocycles. The van der Waals surface area contributed by atoms with Gasteiger partial charge in [0.1, 0.15) is 5.82 Å². The Morgan fingerprint density at radius 2 is 1.74 bits per heavy atom. The molecule has 1 aromatic heterocycles. The quantitative estimate of drug-likeness (QED) is 0.326. The van der Waals surface area contributed by atoms with Gasteiger partial charge in [0.25, 0.3) is 0 Å². The monoisotopic (exact) mass is 449 g/mol. The van der Waals surface area contributed by atoms with Crippen molar-refractivity contribution in [1.29, 1.82) is 0 Å². The lowest BCUT2D eigenvalue weighted by molar-refractivity contribution is 0.630. The first-order valence-electron chi connectivity index (χ1n) is 11.8. The lowest BCUT2D eigenvalue weighted by Gasteiger charge is -2.10. The van der Waals surface area contributed by atoms with Crippen LogP contribution in [-0.4, -0.2) is 4.98 Å². The summed E-state index contributed by atoms with van der Waals surface area (Å²) in [6.45, 7) is 10.4. The molecule has 0 bridgehead atoms. The number of aromatic nitrogens is 1. The molecule has 2 aromatic carbocycles. The largest absolute Gasteiger partial charge is 0.256 e. The third kappa shape index (κ3) is 6.39. The van der Waals surface area contributed by atoms with Crippen LogP contribution in [0.4, 0.5) is 4.39 Å². The first kappa shape index (κ1) is 24.9. The summed E-state index contributed by atoms with van der Waals surface area (Å²) < 4.78 is 14.4. The van der Waals surface area contributed by atoms with Crippen LogP contribution in [0.25, 0.3) is 29.5 Å². The first-order chi connectivity index (χ1) is 16.6. The van der Waals surface area contributed by atoms with Crippen molar-refractivity contribution in [3.8, 4) is 11.3 Å². The van der Waals surface area contributed by atoms with E-state index in [0.29, 0.717) is 11.3 Å². The highest BCUT2D eigenvalue weighted by Crippen LogP contribution is 2.27. The molecule has 3 aromatic rings. The summed E-state index contributed by atoms with van der Waals surface area (Å²) in [5, 5.41) is 2.09. The molecule has 0 saturated carbocycles. The van der Waals surface area contributed by atoms with Crippen LogP contribution in [0.3, 0.4) is 0 Å². The molecule has 3 rings (SSSR count). The standard InChI is InChI=1S/C32H32FN/c1-5-8-9-16-28(25(6-2)21-27-15-11-10-14-24(27)4)22-26(7-3)29-19-20-34-32(23-29)30-17-12-13-18-31(30)33/h6-7,9-23H,4-5,8H2,1-3H3/b16-9+,25-6?,26-7+,27-21-,28-22+. The molecule has 34 heavy (non-hydrogen) atoms. The van der Waals surface area contributed by atoms with Gasteiger partial charge in [0.2, 0.25) is 0 Å². The van der Waals surface area contributed by atoms with Crippen LogP contribution in [0.15, 0.2) is 108 Å². The summed E-state index contributed by atoms with van der Waals surface area (Å²) in [5.41, 5.74) is 5.39. The third-order valence-corrected chi connectivity index (χ3v) is 5.63. The Balaban J connectivity index is 2.09. The van der Waals surface area contributed by atoms with Crippen molar-refractivity contribution in [2.24, 2.45) is 0 Å². The maximum absolute atomic E-state index is 14.4. The molecule has 0 atom stereocenters. The van der Waals surface area contributed by atoms with Gasteiger partial charge in [0.05, 0.1) is 5.69 Å². The molecule has 1 nitrogen and oxygen atoms in total. The number of unbranched alkanes of at least 4 members (excludes halogenated alkanes) is 1. The van der Waals surface area contributed by atoms with Gasteiger partial charge >= 0.3 is 0 Å². The zero-order valence-electron chi connectivity index (χ0n) is 20.3. The Morgan fingerprint density at radius 3 is 2.44 bits per heavy atom. The second-order valence-electron chi connectivity index (χ2n) is 8.03. The molecule has 0 aliphatic rings. The second-order valence-corrected chi connectivity index (χ2v) is 8.03. The molecule has 0 spiro atoms.